The molecule has 51 heavy (non-hydrogen) atoms. The smallest absolute Gasteiger partial charge is 0.339 e. The normalized spacial score (nSPS) is 19.2. The molecule has 4 N–H and O–H groups in total. The highest BCUT2D eigenvalue weighted by molar-refractivity contribution is 5.95. The molecule has 4 aromatic rings. The molecule has 1 aliphatic heterocycles. The number of carbonyl (C=O) groups is 3. The molecule has 0 spiro atoms. The molecule has 1 saturated heterocycles. The van der Waals surface area contributed by atoms with E-state index in [9.17, 15) is 19.5 Å². The summed E-state index contributed by atoms with van der Waals surface area (Å²) in [7, 11) is 0. The zero-order valence-corrected chi connectivity index (χ0v) is 27.9. The van der Waals surface area contributed by atoms with Gasteiger partial charge in [0.15, 0.2) is 0 Å². The van der Waals surface area contributed by atoms with Gasteiger partial charge in [0.25, 0.3) is 0 Å². The number of allylic oxidation sites excluding steroid dienone is 1. The molecule has 10 heteroatoms. The van der Waals surface area contributed by atoms with Crippen molar-refractivity contribution in [2.45, 2.75) is 43.4 Å². The number of nitrogens with one attached hydrogen (secondary N) is 2. The lowest BCUT2D eigenvalue weighted by Crippen LogP contribution is -2.44. The molecule has 4 aromatic carbocycles. The van der Waals surface area contributed by atoms with Gasteiger partial charge >= 0.3 is 5.97 Å². The van der Waals surface area contributed by atoms with E-state index >= 15 is 0 Å². The van der Waals surface area contributed by atoms with Gasteiger partial charge in [0.1, 0.15) is 24.1 Å². The van der Waals surface area contributed by atoms with Crippen molar-refractivity contribution >= 4 is 23.9 Å². The van der Waals surface area contributed by atoms with Crippen LogP contribution in [0.4, 0.5) is 0 Å². The Hall–Kier alpha value is -5.55. The standard InChI is InChI=1S/C41H40N2O8/c44-25-24-42-37(46)22-23-43-39(47)30-26-35(49-40(48)33-20-9-7-12-28(33)14-11-15-29-13-8-10-21-34(29)45)38-36(27-30)50-41(51-38,31-16-3-1-4-17-31)32-18-5-2-6-19-32/h1-14,16-21,27,35-36,38,44-45H,15,22-26H2,(H,42,46)(H,43,47)/t35-,36-,38+/m1/s1. The van der Waals surface area contributed by atoms with Crippen LogP contribution in [0.2, 0.25) is 0 Å². The summed E-state index contributed by atoms with van der Waals surface area (Å²) >= 11 is 0. The summed E-state index contributed by atoms with van der Waals surface area (Å²) in [5.41, 5.74) is 3.52. The maximum atomic E-state index is 13.9. The first-order chi connectivity index (χ1) is 24.9. The van der Waals surface area contributed by atoms with Crippen LogP contribution in [-0.4, -0.2) is 66.0 Å². The van der Waals surface area contributed by atoms with Gasteiger partial charge in [0, 0.05) is 42.6 Å². The number of ether oxygens (including phenoxy) is 3. The SMILES string of the molecule is O=C(CCNC(=O)C1=C[C@H]2OC(c3ccccc3)(c3ccccc3)O[C@H]2[C@H](OC(=O)c2ccccc2C=CCc2ccccc2O)C1)NCCO. The molecule has 2 aliphatic rings. The van der Waals surface area contributed by atoms with E-state index < -0.39 is 36.0 Å². The van der Waals surface area contributed by atoms with Gasteiger partial charge in [0.05, 0.1) is 12.2 Å². The maximum Gasteiger partial charge on any atom is 0.339 e. The highest BCUT2D eigenvalue weighted by Crippen LogP contribution is 2.47. The van der Waals surface area contributed by atoms with Crippen LogP contribution in [0.25, 0.3) is 6.08 Å². The van der Waals surface area contributed by atoms with Crippen molar-refractivity contribution in [3.8, 4) is 5.75 Å². The van der Waals surface area contributed by atoms with E-state index in [0.717, 1.165) is 16.7 Å². The van der Waals surface area contributed by atoms with E-state index in [4.69, 9.17) is 19.3 Å². The maximum absolute atomic E-state index is 13.9. The number of amides is 2. The largest absolute Gasteiger partial charge is 0.508 e. The Morgan fingerprint density at radius 2 is 1.49 bits per heavy atom. The van der Waals surface area contributed by atoms with Crippen LogP contribution >= 0.6 is 0 Å². The molecule has 0 radical (unpaired) electrons. The number of aromatic hydroxyl groups is 1. The molecule has 1 fully saturated rings. The summed E-state index contributed by atoms with van der Waals surface area (Å²) in [6, 6.07) is 33.1. The molecule has 2 amide bonds. The van der Waals surface area contributed by atoms with E-state index in [1.165, 1.54) is 0 Å². The summed E-state index contributed by atoms with van der Waals surface area (Å²) in [5, 5.41) is 24.5. The van der Waals surface area contributed by atoms with E-state index in [2.05, 4.69) is 10.6 Å². The second-order valence-electron chi connectivity index (χ2n) is 12.3. The number of aliphatic hydroxyl groups is 1. The molecular formula is C41H40N2O8. The number of hydrogen-bond acceptors (Lipinski definition) is 8. The van der Waals surface area contributed by atoms with Gasteiger partial charge in [-0.2, -0.15) is 0 Å². The van der Waals surface area contributed by atoms with Crippen molar-refractivity contribution < 1.29 is 38.8 Å². The van der Waals surface area contributed by atoms with Crippen LogP contribution in [0.3, 0.4) is 0 Å². The molecule has 262 valence electrons. The van der Waals surface area contributed by atoms with Crippen molar-refractivity contribution in [1.82, 2.24) is 10.6 Å². The monoisotopic (exact) mass is 688 g/mol. The lowest BCUT2D eigenvalue weighted by molar-refractivity contribution is -0.157. The number of fused-ring (bicyclic) bond motifs is 1. The molecular weight excluding hydrogens is 648 g/mol. The second-order valence-corrected chi connectivity index (χ2v) is 12.3. The summed E-state index contributed by atoms with van der Waals surface area (Å²) in [6.45, 7) is 0.0233. The zero-order chi connectivity index (χ0) is 35.6. The molecule has 0 aromatic heterocycles. The minimum Gasteiger partial charge on any atom is -0.508 e. The average molecular weight is 689 g/mol. The molecule has 10 nitrogen and oxygen atoms in total. The summed E-state index contributed by atoms with van der Waals surface area (Å²) < 4.78 is 19.8. The number of benzene rings is 4. The first kappa shape index (κ1) is 35.3. The minimum absolute atomic E-state index is 0.0302. The van der Waals surface area contributed by atoms with Gasteiger partial charge in [0.2, 0.25) is 17.6 Å². The minimum atomic E-state index is -1.35. The van der Waals surface area contributed by atoms with Crippen molar-refractivity contribution in [1.29, 1.82) is 0 Å². The quantitative estimate of drug-likeness (QED) is 0.147. The summed E-state index contributed by atoms with van der Waals surface area (Å²) in [5.74, 6) is -2.47. The number of phenols is 1. The fraction of sp³-hybridized carbons (Fsp3) is 0.244. The van der Waals surface area contributed by atoms with E-state index in [0.29, 0.717) is 23.1 Å². The Morgan fingerprint density at radius 3 is 2.20 bits per heavy atom. The fourth-order valence-electron chi connectivity index (χ4n) is 6.30. The highest BCUT2D eigenvalue weighted by atomic mass is 16.8. The Labute approximate surface area is 296 Å². The number of carbonyl (C=O) groups excluding carboxylic acids is 3. The average Bonchev–Trinajstić information content (AvgIpc) is 3.57. The van der Waals surface area contributed by atoms with Gasteiger partial charge in [-0.15, -0.1) is 0 Å². The van der Waals surface area contributed by atoms with Crippen molar-refractivity contribution in [2.24, 2.45) is 0 Å². The van der Waals surface area contributed by atoms with Crippen molar-refractivity contribution in [3.05, 3.63) is 155 Å². The van der Waals surface area contributed by atoms with Crippen LogP contribution < -0.4 is 10.6 Å². The topological polar surface area (TPSA) is 143 Å². The van der Waals surface area contributed by atoms with Crippen molar-refractivity contribution in [2.75, 3.05) is 19.7 Å². The molecule has 0 saturated carbocycles. The molecule has 0 bridgehead atoms. The van der Waals surface area contributed by atoms with Gasteiger partial charge in [-0.25, -0.2) is 4.79 Å². The van der Waals surface area contributed by atoms with Gasteiger partial charge in [-0.3, -0.25) is 9.59 Å². The molecule has 3 atom stereocenters. The number of hydrogen-bond donors (Lipinski definition) is 4. The van der Waals surface area contributed by atoms with Gasteiger partial charge in [-0.05, 0) is 35.8 Å². The first-order valence-electron chi connectivity index (χ1n) is 16.9. The zero-order valence-electron chi connectivity index (χ0n) is 27.9. The van der Waals surface area contributed by atoms with E-state index in [1.54, 1.807) is 30.3 Å². The van der Waals surface area contributed by atoms with E-state index in [1.807, 2.05) is 97.1 Å². The fourth-order valence-corrected chi connectivity index (χ4v) is 6.30. The molecule has 1 aliphatic carbocycles. The van der Waals surface area contributed by atoms with Crippen LogP contribution in [-0.2, 0) is 36.0 Å². The third kappa shape index (κ3) is 8.26. The van der Waals surface area contributed by atoms with Gasteiger partial charge < -0.3 is 35.1 Å². The number of para-hydroxylation sites is 1. The third-order valence-electron chi connectivity index (χ3n) is 8.82. The Kier molecular flexibility index (Phi) is 11.4. The predicted molar refractivity (Wildman–Crippen MR) is 190 cm³/mol. The van der Waals surface area contributed by atoms with E-state index in [-0.39, 0.29) is 44.2 Å². The first-order valence-corrected chi connectivity index (χ1v) is 16.9. The van der Waals surface area contributed by atoms with Gasteiger partial charge in [-0.1, -0.05) is 109 Å². The lowest BCUT2D eigenvalue weighted by Gasteiger charge is -2.31. The Balaban J connectivity index is 1.27. The van der Waals surface area contributed by atoms with Crippen LogP contribution in [0.15, 0.2) is 127 Å². The van der Waals surface area contributed by atoms with Crippen LogP contribution in [0.1, 0.15) is 45.5 Å². The number of rotatable bonds is 13. The highest BCUT2D eigenvalue weighted by Gasteiger charge is 2.55. The Bertz CT molecular complexity index is 1850. The number of esters is 1. The lowest BCUT2D eigenvalue weighted by atomic mass is 9.91. The summed E-state index contributed by atoms with van der Waals surface area (Å²) in [6.07, 6.45) is 3.49. The molecule has 1 heterocycles. The molecule has 0 unspecified atom stereocenters. The third-order valence-corrected chi connectivity index (χ3v) is 8.82. The number of aliphatic hydroxyl groups excluding tert-OH is 1. The second kappa shape index (κ2) is 16.4. The summed E-state index contributed by atoms with van der Waals surface area (Å²) in [4.78, 5) is 39.5. The Morgan fingerprint density at radius 1 is 0.824 bits per heavy atom. The van der Waals surface area contributed by atoms with Crippen LogP contribution in [0, 0.1) is 0 Å². The number of phenolic OH excluding ortho intramolecular Hbond substituents is 1. The van der Waals surface area contributed by atoms with Crippen molar-refractivity contribution in [3.63, 3.8) is 0 Å². The molecule has 6 rings (SSSR count). The predicted octanol–water partition coefficient (Wildman–Crippen LogP) is 4.80. The van der Waals surface area contributed by atoms with Crippen LogP contribution in [0.5, 0.6) is 5.75 Å².